The van der Waals surface area contributed by atoms with E-state index in [4.69, 9.17) is 5.11 Å². The number of ether oxygens (including phenoxy) is 1. The van der Waals surface area contributed by atoms with E-state index in [1.807, 2.05) is 0 Å². The number of halogens is 6. The van der Waals surface area contributed by atoms with Crippen molar-refractivity contribution in [1.82, 2.24) is 4.90 Å². The Balaban J connectivity index is 2.27. The lowest BCUT2D eigenvalue weighted by atomic mass is 9.90. The van der Waals surface area contributed by atoms with E-state index >= 15 is 0 Å². The van der Waals surface area contributed by atoms with Gasteiger partial charge in [0.2, 0.25) is 0 Å². The van der Waals surface area contributed by atoms with Crippen molar-refractivity contribution in [3.05, 3.63) is 29.3 Å². The Morgan fingerprint density at radius 3 is 2.23 bits per heavy atom. The number of hydrogen-bond acceptors (Lipinski definition) is 2. The predicted molar refractivity (Wildman–Crippen MR) is 60.5 cm³/mol. The summed E-state index contributed by atoms with van der Waals surface area (Å²) in [4.78, 5) is 11.6. The predicted octanol–water partition coefficient (Wildman–Crippen LogP) is 3.68. The molecule has 1 saturated heterocycles. The maximum Gasteiger partial charge on any atom is 0.573 e. The number of alkyl halides is 6. The molecule has 0 aliphatic carbocycles. The lowest BCUT2D eigenvalue weighted by Crippen LogP contribution is -2.47. The summed E-state index contributed by atoms with van der Waals surface area (Å²) in [6.45, 7) is -0.0157. The molecule has 22 heavy (non-hydrogen) atoms. The van der Waals surface area contributed by atoms with Crippen LogP contribution in [-0.2, 0) is 6.18 Å². The van der Waals surface area contributed by atoms with Crippen LogP contribution in [0, 0.1) is 0 Å². The van der Waals surface area contributed by atoms with Crippen LogP contribution in [0.3, 0.4) is 0 Å². The van der Waals surface area contributed by atoms with Crippen LogP contribution in [0.4, 0.5) is 31.1 Å². The first-order valence-electron chi connectivity index (χ1n) is 5.92. The van der Waals surface area contributed by atoms with Crippen molar-refractivity contribution in [2.75, 3.05) is 13.1 Å². The quantitative estimate of drug-likeness (QED) is 0.842. The van der Waals surface area contributed by atoms with Gasteiger partial charge < -0.3 is 14.7 Å². The third kappa shape index (κ3) is 3.55. The minimum absolute atomic E-state index is 0.00783. The molecule has 2 rings (SSSR count). The second-order valence-corrected chi connectivity index (χ2v) is 4.69. The van der Waals surface area contributed by atoms with Crippen molar-refractivity contribution in [2.24, 2.45) is 0 Å². The molecule has 1 aliphatic heterocycles. The molecule has 0 bridgehead atoms. The second-order valence-electron chi connectivity index (χ2n) is 4.69. The molecule has 1 aromatic rings. The van der Waals surface area contributed by atoms with Gasteiger partial charge in [-0.15, -0.1) is 13.2 Å². The summed E-state index contributed by atoms with van der Waals surface area (Å²) in [5.74, 6) is -1.82. The summed E-state index contributed by atoms with van der Waals surface area (Å²) < 4.78 is 78.3. The molecule has 1 fully saturated rings. The van der Waals surface area contributed by atoms with Crippen LogP contribution in [0.25, 0.3) is 0 Å². The normalized spacial score (nSPS) is 16.4. The molecule has 1 amide bonds. The van der Waals surface area contributed by atoms with Crippen LogP contribution in [-0.4, -0.2) is 35.6 Å². The fourth-order valence-electron chi connectivity index (χ4n) is 2.08. The Bertz CT molecular complexity index is 577. The first kappa shape index (κ1) is 16.2. The molecular weight excluding hydrogens is 320 g/mol. The van der Waals surface area contributed by atoms with Crippen LogP contribution in [0.5, 0.6) is 5.75 Å². The molecule has 0 aromatic heterocycles. The van der Waals surface area contributed by atoms with E-state index in [2.05, 4.69) is 4.74 Å². The average Bonchev–Trinajstić information content (AvgIpc) is 2.24. The molecular formula is C12H9F6NO3. The molecule has 1 N–H and O–H groups in total. The molecule has 4 nitrogen and oxygen atoms in total. The number of nitrogens with zero attached hydrogens (tertiary/aromatic N) is 1. The zero-order valence-corrected chi connectivity index (χ0v) is 10.7. The topological polar surface area (TPSA) is 49.8 Å². The van der Waals surface area contributed by atoms with Gasteiger partial charge in [0, 0.05) is 19.0 Å². The number of rotatable bonds is 2. The van der Waals surface area contributed by atoms with Crippen LogP contribution in [0.2, 0.25) is 0 Å². The molecule has 0 saturated carbocycles. The van der Waals surface area contributed by atoms with Crippen molar-refractivity contribution < 1.29 is 41.0 Å². The standard InChI is InChI=1S/C12H9F6NO3/c13-11(14,15)8-3-6(7-4-19(5-7)10(20)21)1-2-9(8)22-12(16,17)18/h1-3,7H,4-5H2,(H,20,21). The molecule has 1 heterocycles. The fraction of sp³-hybridized carbons (Fsp3) is 0.417. The van der Waals surface area contributed by atoms with Crippen LogP contribution < -0.4 is 4.74 Å². The van der Waals surface area contributed by atoms with Gasteiger partial charge >= 0.3 is 18.6 Å². The van der Waals surface area contributed by atoms with Gasteiger partial charge in [-0.05, 0) is 17.7 Å². The smallest absolute Gasteiger partial charge is 0.465 e. The van der Waals surface area contributed by atoms with Crippen LogP contribution in [0.15, 0.2) is 18.2 Å². The molecule has 0 spiro atoms. The second kappa shape index (κ2) is 5.25. The monoisotopic (exact) mass is 329 g/mol. The van der Waals surface area contributed by atoms with E-state index in [-0.39, 0.29) is 18.7 Å². The van der Waals surface area contributed by atoms with Gasteiger partial charge in [0.25, 0.3) is 0 Å². The van der Waals surface area contributed by atoms with Gasteiger partial charge in [0.1, 0.15) is 5.75 Å². The van der Waals surface area contributed by atoms with E-state index in [0.29, 0.717) is 12.1 Å². The summed E-state index contributed by atoms with van der Waals surface area (Å²) in [5.41, 5.74) is -1.43. The van der Waals surface area contributed by atoms with Crippen molar-refractivity contribution >= 4 is 6.09 Å². The van der Waals surface area contributed by atoms with Crippen LogP contribution in [0.1, 0.15) is 17.0 Å². The Labute approximate surface area is 119 Å². The van der Waals surface area contributed by atoms with Gasteiger partial charge in [-0.1, -0.05) is 6.07 Å². The highest BCUT2D eigenvalue weighted by Gasteiger charge is 2.41. The fourth-order valence-corrected chi connectivity index (χ4v) is 2.08. The van der Waals surface area contributed by atoms with Crippen molar-refractivity contribution in [2.45, 2.75) is 18.5 Å². The third-order valence-electron chi connectivity index (χ3n) is 3.16. The maximum atomic E-state index is 12.8. The number of likely N-dealkylation sites (tertiary alicyclic amines) is 1. The largest absolute Gasteiger partial charge is 0.573 e. The average molecular weight is 329 g/mol. The number of carbonyl (C=O) groups is 1. The van der Waals surface area contributed by atoms with E-state index in [1.165, 1.54) is 0 Å². The van der Waals surface area contributed by atoms with E-state index < -0.39 is 35.9 Å². The molecule has 0 unspecified atom stereocenters. The highest BCUT2D eigenvalue weighted by Crippen LogP contribution is 2.41. The van der Waals surface area contributed by atoms with Gasteiger partial charge in [0.15, 0.2) is 0 Å². The van der Waals surface area contributed by atoms with E-state index in [9.17, 15) is 31.1 Å². The van der Waals surface area contributed by atoms with Crippen molar-refractivity contribution in [3.63, 3.8) is 0 Å². The first-order chi connectivity index (χ1) is 9.97. The maximum absolute atomic E-state index is 12.8. The van der Waals surface area contributed by atoms with Gasteiger partial charge in [-0.3, -0.25) is 0 Å². The van der Waals surface area contributed by atoms with Gasteiger partial charge in [-0.2, -0.15) is 13.2 Å². The van der Waals surface area contributed by atoms with Crippen LogP contribution >= 0.6 is 0 Å². The zero-order chi connectivity index (χ0) is 16.7. The molecule has 0 atom stereocenters. The number of benzene rings is 1. The minimum atomic E-state index is -5.24. The summed E-state index contributed by atoms with van der Waals surface area (Å²) in [6, 6.07) is 2.22. The SMILES string of the molecule is O=C(O)N1CC(c2ccc(OC(F)(F)F)c(C(F)(F)F)c2)C1. The number of hydrogen-bond donors (Lipinski definition) is 1. The Hall–Kier alpha value is -2.13. The summed E-state index contributed by atoms with van der Waals surface area (Å²) in [5, 5.41) is 8.65. The molecule has 0 radical (unpaired) electrons. The minimum Gasteiger partial charge on any atom is -0.465 e. The number of amides is 1. The van der Waals surface area contributed by atoms with E-state index in [0.717, 1.165) is 11.0 Å². The third-order valence-corrected chi connectivity index (χ3v) is 3.16. The molecule has 1 aliphatic rings. The van der Waals surface area contributed by atoms with Gasteiger partial charge in [0.05, 0.1) is 5.56 Å². The van der Waals surface area contributed by atoms with Crippen molar-refractivity contribution in [1.29, 1.82) is 0 Å². The Morgan fingerprint density at radius 2 is 1.77 bits per heavy atom. The van der Waals surface area contributed by atoms with Gasteiger partial charge in [-0.25, -0.2) is 4.79 Å². The summed E-state index contributed by atoms with van der Waals surface area (Å²) in [7, 11) is 0. The Morgan fingerprint density at radius 1 is 1.18 bits per heavy atom. The number of carboxylic acid groups (broad SMARTS) is 1. The summed E-state index contributed by atoms with van der Waals surface area (Å²) >= 11 is 0. The lowest BCUT2D eigenvalue weighted by molar-refractivity contribution is -0.276. The summed E-state index contributed by atoms with van der Waals surface area (Å²) in [6.07, 6.45) is -11.5. The highest BCUT2D eigenvalue weighted by molar-refractivity contribution is 5.66. The first-order valence-corrected chi connectivity index (χ1v) is 5.92. The zero-order valence-electron chi connectivity index (χ0n) is 10.7. The van der Waals surface area contributed by atoms with Crippen molar-refractivity contribution in [3.8, 4) is 5.75 Å². The molecule has 122 valence electrons. The molecule has 1 aromatic carbocycles. The Kier molecular flexibility index (Phi) is 3.88. The highest BCUT2D eigenvalue weighted by atomic mass is 19.4. The lowest BCUT2D eigenvalue weighted by Gasteiger charge is -2.37. The molecule has 10 heteroatoms. The van der Waals surface area contributed by atoms with E-state index in [1.54, 1.807) is 0 Å².